The van der Waals surface area contributed by atoms with Crippen LogP contribution in [-0.2, 0) is 11.3 Å². The average molecular weight is 364 g/mol. The van der Waals surface area contributed by atoms with Gasteiger partial charge in [0, 0.05) is 29.6 Å². The minimum Gasteiger partial charge on any atom is -0.316 e. The Labute approximate surface area is 157 Å². The summed E-state index contributed by atoms with van der Waals surface area (Å²) in [6, 6.07) is 13.6. The van der Waals surface area contributed by atoms with Crippen LogP contribution in [-0.4, -0.2) is 22.0 Å². The minimum absolute atomic E-state index is 0.0132. The van der Waals surface area contributed by atoms with Crippen LogP contribution in [0.4, 0.5) is 5.69 Å². The zero-order valence-electron chi connectivity index (χ0n) is 14.4. The normalized spacial score (nSPS) is 17.0. The lowest BCUT2D eigenvalue weighted by Crippen LogP contribution is -2.24. The molecule has 4 rings (SSSR count). The van der Waals surface area contributed by atoms with Gasteiger partial charge in [-0.15, -0.1) is 6.42 Å². The number of anilines is 1. The van der Waals surface area contributed by atoms with E-state index in [-0.39, 0.29) is 11.8 Å². The van der Waals surface area contributed by atoms with Gasteiger partial charge in [-0.05, 0) is 42.8 Å². The molecule has 0 saturated carbocycles. The molecule has 0 unspecified atom stereocenters. The summed E-state index contributed by atoms with van der Waals surface area (Å²) in [7, 11) is 0. The number of amides is 1. The Morgan fingerprint density at radius 3 is 2.88 bits per heavy atom. The highest BCUT2D eigenvalue weighted by Gasteiger charge is 2.34. The highest BCUT2D eigenvalue weighted by atomic mass is 35.5. The number of para-hydroxylation sites is 2. The molecule has 5 heteroatoms. The summed E-state index contributed by atoms with van der Waals surface area (Å²) in [5, 5.41) is 0.702. The molecule has 1 aliphatic heterocycles. The molecule has 4 nitrogen and oxygen atoms in total. The maximum Gasteiger partial charge on any atom is 0.227 e. The predicted octanol–water partition coefficient (Wildman–Crippen LogP) is 4.15. The van der Waals surface area contributed by atoms with Crippen LogP contribution in [0.15, 0.2) is 42.5 Å². The van der Waals surface area contributed by atoms with Gasteiger partial charge in [0.25, 0.3) is 0 Å². The van der Waals surface area contributed by atoms with Crippen LogP contribution >= 0.6 is 11.6 Å². The molecule has 0 spiro atoms. The smallest absolute Gasteiger partial charge is 0.227 e. The van der Waals surface area contributed by atoms with Gasteiger partial charge in [0.2, 0.25) is 5.91 Å². The van der Waals surface area contributed by atoms with Crippen LogP contribution in [0.1, 0.15) is 23.7 Å². The number of hydrogen-bond donors (Lipinski definition) is 0. The zero-order valence-corrected chi connectivity index (χ0v) is 15.2. The summed E-state index contributed by atoms with van der Waals surface area (Å²) in [6.45, 7) is 2.98. The number of aryl methyl sites for hydroxylation is 1. The van der Waals surface area contributed by atoms with Crippen LogP contribution in [0.2, 0.25) is 5.02 Å². The Morgan fingerprint density at radius 1 is 1.31 bits per heavy atom. The lowest BCUT2D eigenvalue weighted by Gasteiger charge is -2.18. The van der Waals surface area contributed by atoms with E-state index < -0.39 is 0 Å². The molecule has 0 radical (unpaired) electrons. The summed E-state index contributed by atoms with van der Waals surface area (Å²) in [5.74, 6) is 3.69. The molecular formula is C21H18ClN3O. The van der Waals surface area contributed by atoms with Crippen LogP contribution in [0.3, 0.4) is 0 Å². The fourth-order valence-electron chi connectivity index (χ4n) is 3.59. The highest BCUT2D eigenvalue weighted by molar-refractivity contribution is 6.31. The lowest BCUT2D eigenvalue weighted by atomic mass is 10.1. The van der Waals surface area contributed by atoms with Gasteiger partial charge < -0.3 is 9.47 Å². The highest BCUT2D eigenvalue weighted by Crippen LogP contribution is 2.34. The van der Waals surface area contributed by atoms with Gasteiger partial charge in [0.05, 0.1) is 17.6 Å². The molecule has 26 heavy (non-hydrogen) atoms. The summed E-state index contributed by atoms with van der Waals surface area (Å²) in [4.78, 5) is 19.2. The van der Waals surface area contributed by atoms with Gasteiger partial charge in [0.15, 0.2) is 0 Å². The first-order chi connectivity index (χ1) is 12.6. The van der Waals surface area contributed by atoms with Gasteiger partial charge in [-0.3, -0.25) is 4.79 Å². The number of carbonyl (C=O) groups is 1. The van der Waals surface area contributed by atoms with Crippen molar-refractivity contribution in [3.8, 4) is 12.3 Å². The standard InChI is InChI=1S/C21H18ClN3O/c1-3-10-24-19-7-5-4-6-18(19)23-21(24)15-12-20(26)25(13-15)16-8-9-17(22)14(2)11-16/h1,4-9,11,15H,10,12-13H2,2H3/t15-/m0/s1. The van der Waals surface area contributed by atoms with E-state index in [2.05, 4.69) is 5.92 Å². The first-order valence-electron chi connectivity index (χ1n) is 8.53. The fourth-order valence-corrected chi connectivity index (χ4v) is 3.71. The van der Waals surface area contributed by atoms with E-state index in [0.29, 0.717) is 24.5 Å². The summed E-state index contributed by atoms with van der Waals surface area (Å²) in [5.41, 5.74) is 3.75. The molecule has 1 aliphatic rings. The van der Waals surface area contributed by atoms with Gasteiger partial charge in [-0.25, -0.2) is 4.98 Å². The maximum absolute atomic E-state index is 12.7. The van der Waals surface area contributed by atoms with Crippen molar-refractivity contribution in [3.63, 3.8) is 0 Å². The second-order valence-corrected chi connectivity index (χ2v) is 7.00. The number of fused-ring (bicyclic) bond motifs is 1. The molecule has 1 atom stereocenters. The Bertz CT molecular complexity index is 1050. The summed E-state index contributed by atoms with van der Waals surface area (Å²) < 4.78 is 2.05. The number of carbonyl (C=O) groups excluding carboxylic acids is 1. The molecule has 2 aromatic carbocycles. The number of hydrogen-bond acceptors (Lipinski definition) is 2. The van der Waals surface area contributed by atoms with Crippen molar-refractivity contribution in [1.29, 1.82) is 0 Å². The largest absolute Gasteiger partial charge is 0.316 e. The molecule has 0 aliphatic carbocycles. The molecule has 2 heterocycles. The topological polar surface area (TPSA) is 38.1 Å². The zero-order chi connectivity index (χ0) is 18.3. The summed E-state index contributed by atoms with van der Waals surface area (Å²) >= 11 is 6.11. The Hall–Kier alpha value is -2.77. The number of terminal acetylenes is 1. The van der Waals surface area contributed by atoms with Gasteiger partial charge in [-0.1, -0.05) is 29.7 Å². The van der Waals surface area contributed by atoms with Crippen molar-refractivity contribution < 1.29 is 4.79 Å². The predicted molar refractivity (Wildman–Crippen MR) is 104 cm³/mol. The number of aromatic nitrogens is 2. The molecule has 1 saturated heterocycles. The van der Waals surface area contributed by atoms with E-state index in [1.807, 2.05) is 58.9 Å². The molecule has 1 fully saturated rings. The van der Waals surface area contributed by atoms with Crippen molar-refractivity contribution in [2.45, 2.75) is 25.8 Å². The van der Waals surface area contributed by atoms with Gasteiger partial charge >= 0.3 is 0 Å². The van der Waals surface area contributed by atoms with E-state index in [0.717, 1.165) is 28.1 Å². The number of imidazole rings is 1. The molecular weight excluding hydrogens is 346 g/mol. The van der Waals surface area contributed by atoms with E-state index in [4.69, 9.17) is 23.0 Å². The molecule has 1 amide bonds. The van der Waals surface area contributed by atoms with Crippen LogP contribution < -0.4 is 4.90 Å². The first-order valence-corrected chi connectivity index (χ1v) is 8.91. The summed E-state index contributed by atoms with van der Waals surface area (Å²) in [6.07, 6.45) is 5.99. The molecule has 1 aromatic heterocycles. The van der Waals surface area contributed by atoms with Crippen LogP contribution in [0.25, 0.3) is 11.0 Å². The van der Waals surface area contributed by atoms with E-state index >= 15 is 0 Å². The Balaban J connectivity index is 1.71. The van der Waals surface area contributed by atoms with Crippen molar-refractivity contribution in [1.82, 2.24) is 9.55 Å². The average Bonchev–Trinajstić information content (AvgIpc) is 3.19. The van der Waals surface area contributed by atoms with E-state index in [1.54, 1.807) is 0 Å². The number of halogens is 1. The number of benzene rings is 2. The van der Waals surface area contributed by atoms with Gasteiger partial charge in [-0.2, -0.15) is 0 Å². The van der Waals surface area contributed by atoms with Crippen molar-refractivity contribution >= 4 is 34.2 Å². The monoisotopic (exact) mass is 363 g/mol. The van der Waals surface area contributed by atoms with Crippen molar-refractivity contribution in [2.75, 3.05) is 11.4 Å². The molecule has 3 aromatic rings. The minimum atomic E-state index is 0.0132. The van der Waals surface area contributed by atoms with Crippen molar-refractivity contribution in [3.05, 3.63) is 58.9 Å². The first kappa shape index (κ1) is 16.7. The third kappa shape index (κ3) is 2.75. The number of rotatable bonds is 3. The van der Waals surface area contributed by atoms with E-state index in [9.17, 15) is 4.79 Å². The van der Waals surface area contributed by atoms with Crippen molar-refractivity contribution in [2.24, 2.45) is 0 Å². The molecule has 130 valence electrons. The third-order valence-corrected chi connectivity index (χ3v) is 5.30. The second kappa shape index (κ2) is 6.51. The van der Waals surface area contributed by atoms with Crippen LogP contribution in [0.5, 0.6) is 0 Å². The lowest BCUT2D eigenvalue weighted by molar-refractivity contribution is -0.117. The van der Waals surface area contributed by atoms with Gasteiger partial charge in [0.1, 0.15) is 5.82 Å². The Morgan fingerprint density at radius 2 is 2.12 bits per heavy atom. The van der Waals surface area contributed by atoms with E-state index in [1.165, 1.54) is 0 Å². The maximum atomic E-state index is 12.7. The molecule has 0 N–H and O–H groups in total. The SMILES string of the molecule is C#CCn1c([C@H]2CC(=O)N(c3ccc(Cl)c(C)c3)C2)nc2ccccc21. The molecule has 0 bridgehead atoms. The quantitative estimate of drug-likeness (QED) is 0.655. The van der Waals surface area contributed by atoms with Crippen LogP contribution in [0, 0.1) is 19.3 Å². The second-order valence-electron chi connectivity index (χ2n) is 6.59. The third-order valence-electron chi connectivity index (χ3n) is 4.88. The number of nitrogens with zero attached hydrogens (tertiary/aromatic N) is 3. The fraction of sp³-hybridized carbons (Fsp3) is 0.238. The Kier molecular flexibility index (Phi) is 4.18.